The number of anilines is 1. The number of hydrogen-bond acceptors (Lipinski definition) is 5. The summed E-state index contributed by atoms with van der Waals surface area (Å²) in [6.07, 6.45) is -0.793. The smallest absolute Gasteiger partial charge is 0.434 e. The van der Waals surface area contributed by atoms with Gasteiger partial charge < -0.3 is 20.1 Å². The normalized spacial score (nSPS) is 10.2. The van der Waals surface area contributed by atoms with E-state index in [0.29, 0.717) is 16.8 Å². The minimum atomic E-state index is -0.793. The summed E-state index contributed by atoms with van der Waals surface area (Å²) < 4.78 is 9.68. The molecule has 164 valence electrons. The van der Waals surface area contributed by atoms with Gasteiger partial charge in [0.2, 0.25) is 0 Å². The van der Waals surface area contributed by atoms with Crippen LogP contribution >= 0.6 is 0 Å². The summed E-state index contributed by atoms with van der Waals surface area (Å²) in [4.78, 5) is 36.2. The molecule has 7 nitrogen and oxygen atoms in total. The summed E-state index contributed by atoms with van der Waals surface area (Å²) in [5.41, 5.74) is 3.49. The molecule has 2 amide bonds. The van der Waals surface area contributed by atoms with E-state index in [1.54, 1.807) is 31.2 Å². The fourth-order valence-corrected chi connectivity index (χ4v) is 2.95. The molecule has 0 atom stereocenters. The predicted octanol–water partition coefficient (Wildman–Crippen LogP) is 4.71. The van der Waals surface area contributed by atoms with Crippen LogP contribution in [0.2, 0.25) is 0 Å². The number of ether oxygens (including phenoxy) is 2. The van der Waals surface area contributed by atoms with Crippen LogP contribution in [0.25, 0.3) is 0 Å². The maximum Gasteiger partial charge on any atom is 0.513 e. The molecule has 2 N–H and O–H groups in total. The highest BCUT2D eigenvalue weighted by Gasteiger charge is 2.10. The van der Waals surface area contributed by atoms with Gasteiger partial charge in [0.25, 0.3) is 11.8 Å². The summed E-state index contributed by atoms with van der Waals surface area (Å²) in [5.74, 6) is -0.182. The quantitative estimate of drug-likeness (QED) is 0.416. The lowest BCUT2D eigenvalue weighted by Crippen LogP contribution is -2.22. The highest BCUT2D eigenvalue weighted by Crippen LogP contribution is 2.15. The van der Waals surface area contributed by atoms with E-state index >= 15 is 0 Å². The molecule has 0 spiro atoms. The largest absolute Gasteiger partial charge is 0.513 e. The highest BCUT2D eigenvalue weighted by atomic mass is 16.7. The van der Waals surface area contributed by atoms with Crippen molar-refractivity contribution in [1.82, 2.24) is 5.32 Å². The Balaban J connectivity index is 1.56. The molecule has 0 aliphatic carbocycles. The van der Waals surface area contributed by atoms with Gasteiger partial charge in [0.15, 0.2) is 0 Å². The van der Waals surface area contributed by atoms with E-state index in [-0.39, 0.29) is 30.7 Å². The maximum atomic E-state index is 12.4. The van der Waals surface area contributed by atoms with E-state index in [4.69, 9.17) is 9.47 Å². The Morgan fingerprint density at radius 1 is 0.844 bits per heavy atom. The predicted molar refractivity (Wildman–Crippen MR) is 121 cm³/mol. The third-order valence-electron chi connectivity index (χ3n) is 4.50. The SMILES string of the molecule is CCOC(=O)Oc1ccc(C(=O)NCc2cccc(NC(=O)c3cccc(C)c3)c2)cc1. The van der Waals surface area contributed by atoms with Crippen molar-refractivity contribution in [2.75, 3.05) is 11.9 Å². The molecule has 0 aliphatic heterocycles. The van der Waals surface area contributed by atoms with Gasteiger partial charge >= 0.3 is 6.16 Å². The van der Waals surface area contributed by atoms with Crippen molar-refractivity contribution >= 4 is 23.7 Å². The topological polar surface area (TPSA) is 93.7 Å². The van der Waals surface area contributed by atoms with Crippen molar-refractivity contribution in [3.63, 3.8) is 0 Å². The second kappa shape index (κ2) is 10.8. The molecule has 0 saturated heterocycles. The van der Waals surface area contributed by atoms with Crippen LogP contribution in [0.15, 0.2) is 72.8 Å². The molecule has 0 aromatic heterocycles. The molecule has 3 aromatic carbocycles. The lowest BCUT2D eigenvalue weighted by atomic mass is 10.1. The number of benzene rings is 3. The summed E-state index contributed by atoms with van der Waals surface area (Å²) in [6.45, 7) is 4.12. The number of carbonyl (C=O) groups excluding carboxylic acids is 3. The van der Waals surface area contributed by atoms with Gasteiger partial charge in [0.05, 0.1) is 6.61 Å². The Kier molecular flexibility index (Phi) is 7.59. The van der Waals surface area contributed by atoms with Crippen LogP contribution in [-0.2, 0) is 11.3 Å². The first-order chi connectivity index (χ1) is 15.4. The Hall–Kier alpha value is -4.13. The lowest BCUT2D eigenvalue weighted by molar-refractivity contribution is 0.0950. The fourth-order valence-electron chi connectivity index (χ4n) is 2.95. The van der Waals surface area contributed by atoms with E-state index in [9.17, 15) is 14.4 Å². The van der Waals surface area contributed by atoms with Crippen molar-refractivity contribution in [2.24, 2.45) is 0 Å². The second-order valence-corrected chi connectivity index (χ2v) is 7.02. The van der Waals surface area contributed by atoms with Gasteiger partial charge in [0, 0.05) is 23.4 Å². The van der Waals surface area contributed by atoms with E-state index in [0.717, 1.165) is 11.1 Å². The molecule has 0 radical (unpaired) electrons. The zero-order chi connectivity index (χ0) is 22.9. The van der Waals surface area contributed by atoms with Crippen molar-refractivity contribution in [3.8, 4) is 5.75 Å². The third kappa shape index (κ3) is 6.43. The summed E-state index contributed by atoms with van der Waals surface area (Å²) in [5, 5.41) is 5.70. The first-order valence-electron chi connectivity index (χ1n) is 10.1. The van der Waals surface area contributed by atoms with Crippen LogP contribution in [0.4, 0.5) is 10.5 Å². The molecule has 3 aromatic rings. The summed E-state index contributed by atoms with van der Waals surface area (Å²) in [6, 6.07) is 20.8. The van der Waals surface area contributed by atoms with E-state index in [2.05, 4.69) is 10.6 Å². The van der Waals surface area contributed by atoms with Crippen molar-refractivity contribution in [3.05, 3.63) is 95.1 Å². The van der Waals surface area contributed by atoms with Crippen molar-refractivity contribution in [1.29, 1.82) is 0 Å². The zero-order valence-corrected chi connectivity index (χ0v) is 17.9. The summed E-state index contributed by atoms with van der Waals surface area (Å²) in [7, 11) is 0. The lowest BCUT2D eigenvalue weighted by Gasteiger charge is -2.10. The van der Waals surface area contributed by atoms with Gasteiger partial charge in [-0.3, -0.25) is 9.59 Å². The summed E-state index contributed by atoms with van der Waals surface area (Å²) >= 11 is 0. The van der Waals surface area contributed by atoms with Gasteiger partial charge in [-0.1, -0.05) is 29.8 Å². The van der Waals surface area contributed by atoms with Gasteiger partial charge in [0.1, 0.15) is 5.75 Å². The van der Waals surface area contributed by atoms with Crippen LogP contribution in [0.5, 0.6) is 5.75 Å². The van der Waals surface area contributed by atoms with Gasteiger partial charge in [-0.2, -0.15) is 0 Å². The molecular weight excluding hydrogens is 408 g/mol. The number of aryl methyl sites for hydroxylation is 1. The molecule has 0 bridgehead atoms. The molecule has 0 saturated carbocycles. The van der Waals surface area contributed by atoms with Crippen molar-refractivity contribution in [2.45, 2.75) is 20.4 Å². The first-order valence-corrected chi connectivity index (χ1v) is 10.1. The second-order valence-electron chi connectivity index (χ2n) is 7.02. The van der Waals surface area contributed by atoms with Crippen LogP contribution in [0.1, 0.15) is 38.8 Å². The minimum Gasteiger partial charge on any atom is -0.434 e. The number of nitrogens with one attached hydrogen (secondary N) is 2. The average Bonchev–Trinajstić information content (AvgIpc) is 2.78. The van der Waals surface area contributed by atoms with E-state index in [1.165, 1.54) is 12.1 Å². The Morgan fingerprint density at radius 2 is 1.59 bits per heavy atom. The maximum absolute atomic E-state index is 12.4. The molecule has 7 heteroatoms. The molecule has 0 unspecified atom stereocenters. The van der Waals surface area contributed by atoms with Crippen LogP contribution < -0.4 is 15.4 Å². The van der Waals surface area contributed by atoms with E-state index in [1.807, 2.05) is 43.3 Å². The van der Waals surface area contributed by atoms with Crippen LogP contribution in [-0.4, -0.2) is 24.6 Å². The number of rotatable bonds is 7. The monoisotopic (exact) mass is 432 g/mol. The highest BCUT2D eigenvalue weighted by molar-refractivity contribution is 6.04. The molecule has 0 heterocycles. The molecule has 3 rings (SSSR count). The number of amides is 2. The minimum absolute atomic E-state index is 0.194. The Labute approximate surface area is 186 Å². The fraction of sp³-hybridized carbons (Fsp3) is 0.160. The number of hydrogen-bond donors (Lipinski definition) is 2. The van der Waals surface area contributed by atoms with E-state index < -0.39 is 6.16 Å². The average molecular weight is 432 g/mol. The number of carbonyl (C=O) groups is 3. The Bertz CT molecular complexity index is 1110. The van der Waals surface area contributed by atoms with Gasteiger partial charge in [-0.05, 0) is 67.9 Å². The standard InChI is InChI=1S/C25H24N2O5/c1-3-31-25(30)32-22-12-10-19(11-13-22)23(28)26-16-18-7-5-9-21(15-18)27-24(29)20-8-4-6-17(2)14-20/h4-15H,3,16H2,1-2H3,(H,26,28)(H,27,29). The third-order valence-corrected chi connectivity index (χ3v) is 4.50. The van der Waals surface area contributed by atoms with Crippen molar-refractivity contribution < 1.29 is 23.9 Å². The van der Waals surface area contributed by atoms with Crippen LogP contribution in [0, 0.1) is 6.92 Å². The zero-order valence-electron chi connectivity index (χ0n) is 17.9. The first kappa shape index (κ1) is 22.6. The molecule has 0 aliphatic rings. The van der Waals surface area contributed by atoms with Gasteiger partial charge in [-0.25, -0.2) is 4.79 Å². The molecular formula is C25H24N2O5. The Morgan fingerprint density at radius 3 is 2.31 bits per heavy atom. The molecule has 32 heavy (non-hydrogen) atoms. The van der Waals surface area contributed by atoms with Gasteiger partial charge in [-0.15, -0.1) is 0 Å². The van der Waals surface area contributed by atoms with Crippen LogP contribution in [0.3, 0.4) is 0 Å². The molecule has 0 fully saturated rings.